The highest BCUT2D eigenvalue weighted by Gasteiger charge is 2.24. The Hall–Kier alpha value is -1.34. The molecule has 0 aromatic heterocycles. The van der Waals surface area contributed by atoms with E-state index in [1.165, 1.54) is 19.1 Å². The summed E-state index contributed by atoms with van der Waals surface area (Å²) in [4.78, 5) is 10.3. The number of benzene rings is 1. The number of nitro benzene ring substituents is 1. The first-order chi connectivity index (χ1) is 9.04. The molecule has 112 valence electrons. The number of nitro groups is 1. The highest BCUT2D eigenvalue weighted by molar-refractivity contribution is 7.84. The van der Waals surface area contributed by atoms with Crippen molar-refractivity contribution < 1.29 is 13.5 Å². The van der Waals surface area contributed by atoms with Crippen molar-refractivity contribution in [1.82, 2.24) is 4.72 Å². The van der Waals surface area contributed by atoms with E-state index in [-0.39, 0.29) is 16.8 Å². The minimum absolute atomic E-state index is 0.148. The van der Waals surface area contributed by atoms with Crippen LogP contribution < -0.4 is 4.72 Å². The Kier molecular flexibility index (Phi) is 4.99. The summed E-state index contributed by atoms with van der Waals surface area (Å²) in [6.07, 6.45) is 0. The van der Waals surface area contributed by atoms with Gasteiger partial charge in [0, 0.05) is 23.7 Å². The van der Waals surface area contributed by atoms with Crippen molar-refractivity contribution >= 4 is 16.7 Å². The molecule has 0 aliphatic rings. The molecule has 1 rings (SSSR count). The van der Waals surface area contributed by atoms with Crippen molar-refractivity contribution in [2.75, 3.05) is 0 Å². The largest absolute Gasteiger partial charge is 0.270 e. The topological polar surface area (TPSA) is 72.2 Å². The lowest BCUT2D eigenvalue weighted by Crippen LogP contribution is -2.35. The van der Waals surface area contributed by atoms with E-state index >= 15 is 0 Å². The Balaban J connectivity index is 3.13. The number of nitrogens with one attached hydrogen (secondary N) is 1. The number of rotatable bonds is 4. The van der Waals surface area contributed by atoms with Crippen LogP contribution in [0.4, 0.5) is 10.1 Å². The third-order valence-corrected chi connectivity index (χ3v) is 4.46. The van der Waals surface area contributed by atoms with E-state index in [2.05, 4.69) is 4.72 Å². The summed E-state index contributed by atoms with van der Waals surface area (Å²) in [7, 11) is -1.39. The standard InChI is InChI=1S/C13H19FN2O3S/c1-8-6-10(16(17)18)7-11(12(8)14)9(2)15-20(19)13(3,4)5/h6-7,9,15H,1-5H3/t9?,20-/m1/s1. The lowest BCUT2D eigenvalue weighted by Gasteiger charge is -2.22. The lowest BCUT2D eigenvalue weighted by atomic mass is 10.0. The summed E-state index contributed by atoms with van der Waals surface area (Å²) in [5, 5.41) is 10.8. The van der Waals surface area contributed by atoms with Crippen molar-refractivity contribution in [3.8, 4) is 0 Å². The maximum atomic E-state index is 14.1. The van der Waals surface area contributed by atoms with Crippen LogP contribution in [-0.2, 0) is 11.0 Å². The van der Waals surface area contributed by atoms with Crippen LogP contribution in [0.2, 0.25) is 0 Å². The first-order valence-corrected chi connectivity index (χ1v) is 7.31. The van der Waals surface area contributed by atoms with Gasteiger partial charge < -0.3 is 0 Å². The van der Waals surface area contributed by atoms with E-state index in [1.54, 1.807) is 27.7 Å². The smallest absolute Gasteiger partial charge is 0.258 e. The van der Waals surface area contributed by atoms with E-state index in [0.29, 0.717) is 0 Å². The van der Waals surface area contributed by atoms with Gasteiger partial charge in [0.15, 0.2) is 0 Å². The SMILES string of the molecule is Cc1cc([N+](=O)[O-])cc(C(C)N[S@](=O)C(C)(C)C)c1F. The molecule has 5 nitrogen and oxygen atoms in total. The molecule has 0 aliphatic carbocycles. The van der Waals surface area contributed by atoms with Gasteiger partial charge in [0.25, 0.3) is 5.69 Å². The minimum Gasteiger partial charge on any atom is -0.258 e. The predicted octanol–water partition coefficient (Wildman–Crippen LogP) is 3.16. The monoisotopic (exact) mass is 302 g/mol. The second-order valence-corrected chi connectivity index (χ2v) is 7.64. The molecule has 1 aromatic carbocycles. The van der Waals surface area contributed by atoms with Crippen molar-refractivity contribution in [3.63, 3.8) is 0 Å². The van der Waals surface area contributed by atoms with Gasteiger partial charge in [-0.1, -0.05) is 0 Å². The van der Waals surface area contributed by atoms with Crippen LogP contribution >= 0.6 is 0 Å². The van der Waals surface area contributed by atoms with Crippen LogP contribution in [0.3, 0.4) is 0 Å². The molecular formula is C13H19FN2O3S. The lowest BCUT2D eigenvalue weighted by molar-refractivity contribution is -0.385. The molecule has 7 heteroatoms. The summed E-state index contributed by atoms with van der Waals surface area (Å²) >= 11 is 0. The van der Waals surface area contributed by atoms with Gasteiger partial charge >= 0.3 is 0 Å². The van der Waals surface area contributed by atoms with E-state index in [0.717, 1.165) is 0 Å². The highest BCUT2D eigenvalue weighted by Crippen LogP contribution is 2.26. The predicted molar refractivity (Wildman–Crippen MR) is 77.2 cm³/mol. The van der Waals surface area contributed by atoms with Gasteiger partial charge in [0.05, 0.1) is 20.7 Å². The molecule has 0 fully saturated rings. The van der Waals surface area contributed by atoms with Crippen molar-refractivity contribution in [3.05, 3.63) is 39.2 Å². The summed E-state index contributed by atoms with van der Waals surface area (Å²) in [6, 6.07) is 1.78. The molecule has 20 heavy (non-hydrogen) atoms. The second kappa shape index (κ2) is 5.97. The van der Waals surface area contributed by atoms with Crippen LogP contribution in [0, 0.1) is 22.9 Å². The molecule has 0 spiro atoms. The van der Waals surface area contributed by atoms with Gasteiger partial charge in [-0.3, -0.25) is 10.1 Å². The van der Waals surface area contributed by atoms with E-state index in [4.69, 9.17) is 0 Å². The Labute approximate surface area is 120 Å². The quantitative estimate of drug-likeness (QED) is 0.686. The first kappa shape index (κ1) is 16.7. The summed E-state index contributed by atoms with van der Waals surface area (Å²) in [5.74, 6) is -0.512. The summed E-state index contributed by atoms with van der Waals surface area (Å²) < 4.78 is 28.4. The average molecular weight is 302 g/mol. The maximum Gasteiger partial charge on any atom is 0.270 e. The van der Waals surface area contributed by atoms with Crippen LogP contribution in [0.1, 0.15) is 44.9 Å². The number of hydrogen-bond donors (Lipinski definition) is 1. The number of nitrogens with zero attached hydrogens (tertiary/aromatic N) is 1. The molecule has 2 atom stereocenters. The van der Waals surface area contributed by atoms with Gasteiger partial charge in [-0.15, -0.1) is 0 Å². The fourth-order valence-corrected chi connectivity index (χ4v) is 2.40. The number of non-ortho nitro benzene ring substituents is 1. The first-order valence-electron chi connectivity index (χ1n) is 6.16. The normalized spacial score (nSPS) is 14.9. The van der Waals surface area contributed by atoms with E-state index in [9.17, 15) is 18.7 Å². The molecule has 0 saturated heterocycles. The van der Waals surface area contributed by atoms with Gasteiger partial charge in [-0.2, -0.15) is 0 Å². The molecule has 0 aliphatic heterocycles. The summed E-state index contributed by atoms with van der Waals surface area (Å²) in [5.41, 5.74) is 0.174. The van der Waals surface area contributed by atoms with Crippen LogP contribution in [0.5, 0.6) is 0 Å². The Morgan fingerprint density at radius 2 is 1.95 bits per heavy atom. The molecule has 0 saturated carbocycles. The maximum absolute atomic E-state index is 14.1. The molecular weight excluding hydrogens is 283 g/mol. The van der Waals surface area contributed by atoms with Crippen LogP contribution in [0.25, 0.3) is 0 Å². The van der Waals surface area contributed by atoms with E-state index in [1.807, 2.05) is 0 Å². The second-order valence-electron chi connectivity index (χ2n) is 5.64. The number of hydrogen-bond acceptors (Lipinski definition) is 3. The van der Waals surface area contributed by atoms with Crippen LogP contribution in [-0.4, -0.2) is 13.9 Å². The third kappa shape index (κ3) is 3.83. The van der Waals surface area contributed by atoms with Gasteiger partial charge in [0.2, 0.25) is 0 Å². The molecule has 1 unspecified atom stereocenters. The zero-order valence-electron chi connectivity index (χ0n) is 12.2. The molecule has 1 aromatic rings. The van der Waals surface area contributed by atoms with Gasteiger partial charge in [0.1, 0.15) is 5.82 Å². The van der Waals surface area contributed by atoms with Crippen molar-refractivity contribution in [2.24, 2.45) is 0 Å². The average Bonchev–Trinajstić information content (AvgIpc) is 2.30. The zero-order valence-corrected chi connectivity index (χ0v) is 13.0. The molecule has 1 N–H and O–H groups in total. The third-order valence-electron chi connectivity index (χ3n) is 2.78. The van der Waals surface area contributed by atoms with Crippen molar-refractivity contribution in [1.29, 1.82) is 0 Å². The van der Waals surface area contributed by atoms with Gasteiger partial charge in [-0.05, 0) is 40.2 Å². The Morgan fingerprint density at radius 1 is 1.40 bits per heavy atom. The number of aryl methyl sites for hydroxylation is 1. The fraction of sp³-hybridized carbons (Fsp3) is 0.538. The fourth-order valence-electron chi connectivity index (χ4n) is 1.60. The summed E-state index contributed by atoms with van der Waals surface area (Å²) in [6.45, 7) is 8.47. The Bertz CT molecular complexity index is 555. The molecule has 0 amide bonds. The Morgan fingerprint density at radius 3 is 2.40 bits per heavy atom. The van der Waals surface area contributed by atoms with Gasteiger partial charge in [-0.25, -0.2) is 13.3 Å². The zero-order chi connectivity index (χ0) is 15.7. The molecule has 0 radical (unpaired) electrons. The van der Waals surface area contributed by atoms with Crippen LogP contribution in [0.15, 0.2) is 12.1 Å². The number of halogens is 1. The molecule has 0 bridgehead atoms. The minimum atomic E-state index is -1.39. The molecule has 0 heterocycles. The van der Waals surface area contributed by atoms with E-state index < -0.39 is 32.5 Å². The van der Waals surface area contributed by atoms with Crippen molar-refractivity contribution in [2.45, 2.75) is 45.4 Å². The highest BCUT2D eigenvalue weighted by atomic mass is 32.2.